The molecule has 2 nitrogen and oxygen atoms in total. The van der Waals surface area contributed by atoms with E-state index in [1.807, 2.05) is 0 Å². The Bertz CT molecular complexity index is 222. The third-order valence-electron chi connectivity index (χ3n) is 2.77. The molecule has 1 spiro atoms. The third kappa shape index (κ3) is 1.79. The standard InChI is InChI=1S/C11H18O2/c1-9-4-5-11(12-8-9)7-6-10(2,3)13-11/h6-7,9H,4-5,8H2,1-3H3/t9-,11-/m1/s1. The lowest BCUT2D eigenvalue weighted by atomic mass is 9.98. The van der Waals surface area contributed by atoms with Crippen molar-refractivity contribution in [3.63, 3.8) is 0 Å². The molecule has 2 atom stereocenters. The fourth-order valence-corrected chi connectivity index (χ4v) is 1.94. The molecule has 0 bridgehead atoms. The van der Waals surface area contributed by atoms with Crippen LogP contribution >= 0.6 is 0 Å². The monoisotopic (exact) mass is 182 g/mol. The van der Waals surface area contributed by atoms with Gasteiger partial charge < -0.3 is 9.47 Å². The van der Waals surface area contributed by atoms with E-state index in [1.54, 1.807) is 0 Å². The van der Waals surface area contributed by atoms with Crippen LogP contribution in [-0.4, -0.2) is 18.0 Å². The Hall–Kier alpha value is -0.340. The lowest BCUT2D eigenvalue weighted by molar-refractivity contribution is -0.252. The molecule has 0 radical (unpaired) electrons. The Balaban J connectivity index is 2.05. The minimum atomic E-state index is -0.393. The van der Waals surface area contributed by atoms with Gasteiger partial charge in [0, 0.05) is 6.42 Å². The number of ether oxygens (including phenoxy) is 2. The lowest BCUT2D eigenvalue weighted by Gasteiger charge is -2.37. The van der Waals surface area contributed by atoms with Crippen molar-refractivity contribution in [3.05, 3.63) is 12.2 Å². The molecule has 0 aromatic carbocycles. The zero-order valence-electron chi connectivity index (χ0n) is 8.67. The zero-order chi connectivity index (χ0) is 9.53. The van der Waals surface area contributed by atoms with E-state index in [1.165, 1.54) is 6.42 Å². The normalized spacial score (nSPS) is 42.8. The average molecular weight is 182 g/mol. The molecule has 0 unspecified atom stereocenters. The van der Waals surface area contributed by atoms with Crippen LogP contribution in [0.3, 0.4) is 0 Å². The highest BCUT2D eigenvalue weighted by molar-refractivity contribution is 5.12. The van der Waals surface area contributed by atoms with Crippen molar-refractivity contribution in [2.45, 2.75) is 45.0 Å². The first-order valence-electron chi connectivity index (χ1n) is 5.06. The van der Waals surface area contributed by atoms with E-state index in [0.29, 0.717) is 5.92 Å². The molecule has 0 N–H and O–H groups in total. The summed E-state index contributed by atoms with van der Waals surface area (Å²) >= 11 is 0. The van der Waals surface area contributed by atoms with E-state index in [4.69, 9.17) is 9.47 Å². The van der Waals surface area contributed by atoms with Crippen molar-refractivity contribution >= 4 is 0 Å². The second-order valence-electron chi connectivity index (χ2n) is 4.81. The number of hydrogen-bond acceptors (Lipinski definition) is 2. The van der Waals surface area contributed by atoms with Crippen molar-refractivity contribution < 1.29 is 9.47 Å². The molecular weight excluding hydrogens is 164 g/mol. The molecular formula is C11H18O2. The van der Waals surface area contributed by atoms with Gasteiger partial charge in [0.25, 0.3) is 0 Å². The second-order valence-corrected chi connectivity index (χ2v) is 4.81. The number of hydrogen-bond donors (Lipinski definition) is 0. The summed E-state index contributed by atoms with van der Waals surface area (Å²) in [6.45, 7) is 7.18. The van der Waals surface area contributed by atoms with Crippen LogP contribution in [0.1, 0.15) is 33.6 Å². The molecule has 0 saturated carbocycles. The van der Waals surface area contributed by atoms with Gasteiger partial charge in [0.05, 0.1) is 12.2 Å². The van der Waals surface area contributed by atoms with Gasteiger partial charge in [-0.15, -0.1) is 0 Å². The minimum Gasteiger partial charge on any atom is -0.346 e. The molecule has 0 aliphatic carbocycles. The summed E-state index contributed by atoms with van der Waals surface area (Å²) < 4.78 is 11.7. The summed E-state index contributed by atoms with van der Waals surface area (Å²) in [7, 11) is 0. The van der Waals surface area contributed by atoms with Gasteiger partial charge in [0.2, 0.25) is 0 Å². The first kappa shape index (κ1) is 9.22. The van der Waals surface area contributed by atoms with Gasteiger partial charge in [-0.2, -0.15) is 0 Å². The van der Waals surface area contributed by atoms with Crippen LogP contribution in [-0.2, 0) is 9.47 Å². The fraction of sp³-hybridized carbons (Fsp3) is 0.818. The van der Waals surface area contributed by atoms with E-state index in [-0.39, 0.29) is 5.60 Å². The Morgan fingerprint density at radius 1 is 1.31 bits per heavy atom. The van der Waals surface area contributed by atoms with Gasteiger partial charge in [-0.1, -0.05) is 13.0 Å². The molecule has 74 valence electrons. The van der Waals surface area contributed by atoms with Crippen molar-refractivity contribution in [1.29, 1.82) is 0 Å². The largest absolute Gasteiger partial charge is 0.346 e. The Kier molecular flexibility index (Phi) is 2.00. The topological polar surface area (TPSA) is 18.5 Å². The molecule has 2 aliphatic rings. The van der Waals surface area contributed by atoms with E-state index in [0.717, 1.165) is 13.0 Å². The Morgan fingerprint density at radius 2 is 2.08 bits per heavy atom. The van der Waals surface area contributed by atoms with Crippen LogP contribution in [0, 0.1) is 5.92 Å². The summed E-state index contributed by atoms with van der Waals surface area (Å²) in [5.41, 5.74) is -0.152. The fourth-order valence-electron chi connectivity index (χ4n) is 1.94. The Labute approximate surface area is 79.9 Å². The maximum absolute atomic E-state index is 5.89. The van der Waals surface area contributed by atoms with E-state index < -0.39 is 5.79 Å². The molecule has 2 rings (SSSR count). The third-order valence-corrected chi connectivity index (χ3v) is 2.77. The molecule has 1 fully saturated rings. The molecule has 1 saturated heterocycles. The average Bonchev–Trinajstić information content (AvgIpc) is 2.35. The van der Waals surface area contributed by atoms with E-state index in [2.05, 4.69) is 32.9 Å². The van der Waals surface area contributed by atoms with E-state index >= 15 is 0 Å². The molecule has 2 aliphatic heterocycles. The van der Waals surface area contributed by atoms with Gasteiger partial charge >= 0.3 is 0 Å². The van der Waals surface area contributed by atoms with Crippen LogP contribution in [0.25, 0.3) is 0 Å². The van der Waals surface area contributed by atoms with Crippen LogP contribution in [0.15, 0.2) is 12.2 Å². The summed E-state index contributed by atoms with van der Waals surface area (Å²) in [5.74, 6) is 0.280. The van der Waals surface area contributed by atoms with Gasteiger partial charge in [0.15, 0.2) is 5.79 Å². The highest BCUT2D eigenvalue weighted by Gasteiger charge is 2.42. The summed E-state index contributed by atoms with van der Waals surface area (Å²) in [4.78, 5) is 0. The SMILES string of the molecule is C[C@@H]1CC[C@@]2(C=CC(C)(C)O2)OC1. The van der Waals surface area contributed by atoms with Crippen molar-refractivity contribution in [2.75, 3.05) is 6.61 Å². The summed E-state index contributed by atoms with van der Waals surface area (Å²) in [6, 6.07) is 0. The predicted octanol–water partition coefficient (Wildman–Crippen LogP) is 2.49. The summed E-state index contributed by atoms with van der Waals surface area (Å²) in [6.07, 6.45) is 6.37. The summed E-state index contributed by atoms with van der Waals surface area (Å²) in [5, 5.41) is 0. The predicted molar refractivity (Wildman–Crippen MR) is 51.4 cm³/mol. The molecule has 2 heterocycles. The van der Waals surface area contributed by atoms with Crippen LogP contribution < -0.4 is 0 Å². The maximum atomic E-state index is 5.89. The molecule has 2 heteroatoms. The minimum absolute atomic E-state index is 0.152. The lowest BCUT2D eigenvalue weighted by Crippen LogP contribution is -2.40. The van der Waals surface area contributed by atoms with Gasteiger partial charge in [-0.25, -0.2) is 0 Å². The quantitative estimate of drug-likeness (QED) is 0.536. The zero-order valence-corrected chi connectivity index (χ0v) is 8.67. The van der Waals surface area contributed by atoms with E-state index in [9.17, 15) is 0 Å². The molecule has 0 aromatic rings. The van der Waals surface area contributed by atoms with Gasteiger partial charge in [-0.05, 0) is 32.3 Å². The smallest absolute Gasteiger partial charge is 0.188 e. The molecule has 0 amide bonds. The molecule has 0 aromatic heterocycles. The first-order valence-corrected chi connectivity index (χ1v) is 5.06. The van der Waals surface area contributed by atoms with Crippen LogP contribution in [0.2, 0.25) is 0 Å². The number of rotatable bonds is 0. The van der Waals surface area contributed by atoms with Crippen LogP contribution in [0.5, 0.6) is 0 Å². The highest BCUT2D eigenvalue weighted by Crippen LogP contribution is 2.39. The Morgan fingerprint density at radius 3 is 2.54 bits per heavy atom. The first-order chi connectivity index (χ1) is 6.02. The van der Waals surface area contributed by atoms with Gasteiger partial charge in [-0.3, -0.25) is 0 Å². The molecule has 13 heavy (non-hydrogen) atoms. The second kappa shape index (κ2) is 2.82. The van der Waals surface area contributed by atoms with Gasteiger partial charge in [0.1, 0.15) is 0 Å². The van der Waals surface area contributed by atoms with Crippen molar-refractivity contribution in [2.24, 2.45) is 5.92 Å². The van der Waals surface area contributed by atoms with Crippen LogP contribution in [0.4, 0.5) is 0 Å². The maximum Gasteiger partial charge on any atom is 0.188 e. The highest BCUT2D eigenvalue weighted by atomic mass is 16.7. The van der Waals surface area contributed by atoms with Crippen molar-refractivity contribution in [1.82, 2.24) is 0 Å². The van der Waals surface area contributed by atoms with Crippen molar-refractivity contribution in [3.8, 4) is 0 Å².